The van der Waals surface area contributed by atoms with Crippen LogP contribution in [-0.2, 0) is 5.11 Å². The van der Waals surface area contributed by atoms with Crippen LogP contribution in [0.5, 0.6) is 0 Å². The van der Waals surface area contributed by atoms with Crippen molar-refractivity contribution in [2.75, 3.05) is 18.5 Å². The van der Waals surface area contributed by atoms with Gasteiger partial charge in [0.05, 0.1) is 12.1 Å². The first-order chi connectivity index (χ1) is 4.43. The Hall–Kier alpha value is -0.610. The van der Waals surface area contributed by atoms with Gasteiger partial charge >= 0.3 is 0 Å². The summed E-state index contributed by atoms with van der Waals surface area (Å²) >= 11 is 1.51. The highest BCUT2D eigenvalue weighted by atomic mass is 32.1. The molecule has 0 spiro atoms. The second kappa shape index (κ2) is 3.42. The molecule has 1 heterocycles. The van der Waals surface area contributed by atoms with E-state index < -0.39 is 0 Å². The first kappa shape index (κ1) is 6.51. The predicted molar refractivity (Wildman–Crippen MR) is 36.2 cm³/mol. The number of thiazole rings is 1. The summed E-state index contributed by atoms with van der Waals surface area (Å²) in [7, 11) is 0. The van der Waals surface area contributed by atoms with Gasteiger partial charge in [-0.15, -0.1) is 11.3 Å². The van der Waals surface area contributed by atoms with Crippen LogP contribution in [-0.4, -0.2) is 18.1 Å². The molecule has 0 aromatic carbocycles. The van der Waals surface area contributed by atoms with E-state index in [-0.39, 0.29) is 6.61 Å². The van der Waals surface area contributed by atoms with Crippen molar-refractivity contribution in [3.05, 3.63) is 10.9 Å². The van der Waals surface area contributed by atoms with Gasteiger partial charge < -0.3 is 5.32 Å². The predicted octanol–water partition coefficient (Wildman–Crippen LogP) is 0.986. The van der Waals surface area contributed by atoms with E-state index in [1.165, 1.54) is 11.3 Å². The van der Waals surface area contributed by atoms with E-state index in [1.807, 2.05) is 5.38 Å². The topological polar surface area (TPSA) is 44.8 Å². The molecule has 0 fully saturated rings. The van der Waals surface area contributed by atoms with Gasteiger partial charge in [0.15, 0.2) is 0 Å². The first-order valence-corrected chi connectivity index (χ1v) is 3.58. The minimum Gasteiger partial charge on any atom is -0.367 e. The number of rotatable bonds is 3. The normalized spacial score (nSPS) is 9.44. The summed E-state index contributed by atoms with van der Waals surface area (Å²) in [6, 6.07) is 0. The van der Waals surface area contributed by atoms with E-state index in [4.69, 9.17) is 0 Å². The summed E-state index contributed by atoms with van der Waals surface area (Å²) in [5, 5.41) is 14.7. The summed E-state index contributed by atoms with van der Waals surface area (Å²) < 4.78 is 0. The number of anilines is 1. The number of nitrogens with zero attached hydrogens (tertiary/aromatic N) is 1. The van der Waals surface area contributed by atoms with E-state index in [2.05, 4.69) is 10.3 Å². The van der Waals surface area contributed by atoms with Crippen LogP contribution in [0.25, 0.3) is 0 Å². The Morgan fingerprint density at radius 1 is 1.78 bits per heavy atom. The van der Waals surface area contributed by atoms with E-state index in [1.54, 1.807) is 5.51 Å². The summed E-state index contributed by atoms with van der Waals surface area (Å²) in [6.07, 6.45) is 0. The van der Waals surface area contributed by atoms with Crippen molar-refractivity contribution < 1.29 is 5.11 Å². The number of hydrogen-bond donors (Lipinski definition) is 1. The molecule has 0 amide bonds. The van der Waals surface area contributed by atoms with Crippen molar-refractivity contribution in [3.63, 3.8) is 0 Å². The second-order valence-electron chi connectivity index (χ2n) is 1.50. The van der Waals surface area contributed by atoms with Gasteiger partial charge in [0.25, 0.3) is 0 Å². The van der Waals surface area contributed by atoms with Crippen LogP contribution in [0.15, 0.2) is 10.9 Å². The van der Waals surface area contributed by atoms with Gasteiger partial charge in [-0.3, -0.25) is 0 Å². The molecule has 9 heavy (non-hydrogen) atoms. The molecule has 0 aliphatic heterocycles. The maximum Gasteiger partial charge on any atom is 0.137 e. The molecular weight excluding hydrogens is 136 g/mol. The lowest BCUT2D eigenvalue weighted by Crippen LogP contribution is -2.04. The maximum absolute atomic E-state index is 9.94. The van der Waals surface area contributed by atoms with Crippen molar-refractivity contribution in [2.45, 2.75) is 0 Å². The Bertz CT molecular complexity index is 152. The highest BCUT2D eigenvalue weighted by molar-refractivity contribution is 7.07. The Morgan fingerprint density at radius 2 is 2.67 bits per heavy atom. The monoisotopic (exact) mass is 143 g/mol. The van der Waals surface area contributed by atoms with Crippen molar-refractivity contribution in [1.82, 2.24) is 4.98 Å². The van der Waals surface area contributed by atoms with Crippen LogP contribution in [0.4, 0.5) is 5.82 Å². The van der Waals surface area contributed by atoms with Crippen LogP contribution < -0.4 is 5.32 Å². The van der Waals surface area contributed by atoms with Gasteiger partial charge in [0, 0.05) is 11.9 Å². The number of hydrogen-bond acceptors (Lipinski definition) is 3. The molecule has 1 radical (unpaired) electrons. The Balaban J connectivity index is 2.30. The van der Waals surface area contributed by atoms with Gasteiger partial charge in [-0.05, 0) is 0 Å². The molecule has 0 unspecified atom stereocenters. The Labute approximate surface area is 57.4 Å². The minimum absolute atomic E-state index is 0.0997. The van der Waals surface area contributed by atoms with E-state index in [0.29, 0.717) is 6.54 Å². The molecule has 1 rings (SSSR count). The highest BCUT2D eigenvalue weighted by Gasteiger charge is 1.89. The average Bonchev–Trinajstić information content (AvgIpc) is 2.34. The molecule has 1 aromatic heterocycles. The standard InChI is InChI=1S/C5H7N2OS/c8-2-1-6-5-3-9-4-7-5/h3-4,6H,1-2H2. The van der Waals surface area contributed by atoms with E-state index in [9.17, 15) is 5.11 Å². The number of aromatic nitrogens is 1. The lowest BCUT2D eigenvalue weighted by molar-refractivity contribution is 0.206. The molecule has 0 atom stereocenters. The molecule has 4 heteroatoms. The maximum atomic E-state index is 9.94. The fraction of sp³-hybridized carbons (Fsp3) is 0.400. The Kier molecular flexibility index (Phi) is 2.48. The van der Waals surface area contributed by atoms with Gasteiger partial charge in [0.1, 0.15) is 5.82 Å². The minimum atomic E-state index is -0.0997. The smallest absolute Gasteiger partial charge is 0.137 e. The summed E-state index contributed by atoms with van der Waals surface area (Å²) in [5.74, 6) is 0.802. The molecule has 1 N–H and O–H groups in total. The molecule has 1 aromatic rings. The first-order valence-electron chi connectivity index (χ1n) is 2.63. The Morgan fingerprint density at radius 3 is 3.22 bits per heavy atom. The SMILES string of the molecule is [O]CCNc1cscn1. The van der Waals surface area contributed by atoms with Crippen LogP contribution in [0, 0.1) is 0 Å². The fourth-order valence-corrected chi connectivity index (χ4v) is 0.987. The molecule has 0 bridgehead atoms. The zero-order chi connectivity index (χ0) is 6.53. The molecule has 0 saturated heterocycles. The van der Waals surface area contributed by atoms with Gasteiger partial charge in [-0.2, -0.15) is 0 Å². The van der Waals surface area contributed by atoms with Crippen LogP contribution in [0.3, 0.4) is 0 Å². The molecular formula is C5H7N2OS. The quantitative estimate of drug-likeness (QED) is 0.685. The summed E-state index contributed by atoms with van der Waals surface area (Å²) in [4.78, 5) is 3.92. The largest absolute Gasteiger partial charge is 0.367 e. The fourth-order valence-electron chi connectivity index (χ4n) is 0.479. The van der Waals surface area contributed by atoms with Crippen LogP contribution in [0.1, 0.15) is 0 Å². The third-order valence-electron chi connectivity index (χ3n) is 0.841. The molecule has 0 saturated carbocycles. The lowest BCUT2D eigenvalue weighted by Gasteiger charge is -1.94. The zero-order valence-electron chi connectivity index (χ0n) is 4.83. The highest BCUT2D eigenvalue weighted by Crippen LogP contribution is 2.04. The van der Waals surface area contributed by atoms with E-state index >= 15 is 0 Å². The van der Waals surface area contributed by atoms with Crippen LogP contribution >= 0.6 is 11.3 Å². The van der Waals surface area contributed by atoms with Crippen LogP contribution in [0.2, 0.25) is 0 Å². The zero-order valence-corrected chi connectivity index (χ0v) is 5.65. The second-order valence-corrected chi connectivity index (χ2v) is 2.22. The van der Waals surface area contributed by atoms with Crippen molar-refractivity contribution in [3.8, 4) is 0 Å². The summed E-state index contributed by atoms with van der Waals surface area (Å²) in [6.45, 7) is 0.362. The van der Waals surface area contributed by atoms with E-state index in [0.717, 1.165) is 5.82 Å². The van der Waals surface area contributed by atoms with Crippen molar-refractivity contribution in [2.24, 2.45) is 0 Å². The molecule has 3 nitrogen and oxygen atoms in total. The van der Waals surface area contributed by atoms with Gasteiger partial charge in [-0.1, -0.05) is 0 Å². The van der Waals surface area contributed by atoms with Crippen molar-refractivity contribution >= 4 is 17.2 Å². The average molecular weight is 143 g/mol. The number of nitrogens with one attached hydrogen (secondary N) is 1. The van der Waals surface area contributed by atoms with Gasteiger partial charge in [0.2, 0.25) is 0 Å². The molecule has 0 aliphatic rings. The van der Waals surface area contributed by atoms with Crippen molar-refractivity contribution in [1.29, 1.82) is 0 Å². The third kappa shape index (κ3) is 1.99. The summed E-state index contributed by atoms with van der Waals surface area (Å²) in [5.41, 5.74) is 1.73. The molecule has 49 valence electrons. The lowest BCUT2D eigenvalue weighted by atomic mass is 10.6. The van der Waals surface area contributed by atoms with Gasteiger partial charge in [-0.25, -0.2) is 10.1 Å². The third-order valence-corrected chi connectivity index (χ3v) is 1.43. The molecule has 0 aliphatic carbocycles.